The summed E-state index contributed by atoms with van der Waals surface area (Å²) in [6, 6.07) is 0.0577. The molecule has 1 aromatic rings. The number of aromatic nitrogens is 2. The lowest BCUT2D eigenvalue weighted by Gasteiger charge is -2.27. The van der Waals surface area contributed by atoms with E-state index >= 15 is 0 Å². The van der Waals surface area contributed by atoms with E-state index in [1.807, 2.05) is 0 Å². The van der Waals surface area contributed by atoms with E-state index in [-0.39, 0.29) is 24.4 Å². The van der Waals surface area contributed by atoms with Crippen LogP contribution in [-0.4, -0.2) is 39.8 Å². The Bertz CT molecular complexity index is 476. The van der Waals surface area contributed by atoms with E-state index in [9.17, 15) is 9.90 Å². The number of carbonyl (C=O) groups is 1. The summed E-state index contributed by atoms with van der Waals surface area (Å²) < 4.78 is 5.15. The molecule has 20 heavy (non-hydrogen) atoms. The van der Waals surface area contributed by atoms with E-state index in [0.717, 1.165) is 45.1 Å². The van der Waals surface area contributed by atoms with Crippen LogP contribution < -0.4 is 10.6 Å². The maximum Gasteiger partial charge on any atom is 0.293 e. The molecule has 1 aromatic heterocycles. The van der Waals surface area contributed by atoms with Crippen molar-refractivity contribution in [3.63, 3.8) is 0 Å². The average molecular weight is 280 g/mol. The third kappa shape index (κ3) is 2.55. The first kappa shape index (κ1) is 13.5. The third-order valence-electron chi connectivity index (χ3n) is 4.25. The summed E-state index contributed by atoms with van der Waals surface area (Å²) in [5, 5.41) is 19.4. The van der Waals surface area contributed by atoms with Crippen molar-refractivity contribution in [1.29, 1.82) is 0 Å². The highest BCUT2D eigenvalue weighted by atomic mass is 16.5. The quantitative estimate of drug-likeness (QED) is 0.744. The molecule has 2 fully saturated rings. The number of hydrogen-bond acceptors (Lipinski definition) is 6. The summed E-state index contributed by atoms with van der Waals surface area (Å²) in [5.41, 5.74) is -0.510. The van der Waals surface area contributed by atoms with Crippen LogP contribution in [-0.2, 0) is 0 Å². The number of hydrogen-bond donors (Lipinski definition) is 3. The molecule has 7 heteroatoms. The van der Waals surface area contributed by atoms with Crippen LogP contribution in [0.4, 0.5) is 0 Å². The van der Waals surface area contributed by atoms with Gasteiger partial charge in [-0.05, 0) is 32.2 Å². The summed E-state index contributed by atoms with van der Waals surface area (Å²) in [6.45, 7) is 0.885. The van der Waals surface area contributed by atoms with Crippen LogP contribution in [0.15, 0.2) is 4.52 Å². The lowest BCUT2D eigenvalue weighted by molar-refractivity contribution is 0.0825. The number of rotatable bonds is 4. The fourth-order valence-electron chi connectivity index (χ4n) is 3.04. The van der Waals surface area contributed by atoms with Gasteiger partial charge in [0.25, 0.3) is 11.7 Å². The molecule has 0 bridgehead atoms. The van der Waals surface area contributed by atoms with Gasteiger partial charge < -0.3 is 20.3 Å². The summed E-state index contributed by atoms with van der Waals surface area (Å²) >= 11 is 0. The van der Waals surface area contributed by atoms with Crippen molar-refractivity contribution in [3.05, 3.63) is 11.7 Å². The standard InChI is InChI=1S/C13H20N4O3/c18-8-13(5-1-2-6-13)16-11(19)10-15-12(20-17-10)9-4-3-7-14-9/h9,14,18H,1-8H2,(H,16,19). The highest BCUT2D eigenvalue weighted by Crippen LogP contribution is 2.29. The minimum Gasteiger partial charge on any atom is -0.394 e. The van der Waals surface area contributed by atoms with Crippen LogP contribution in [0.3, 0.4) is 0 Å². The summed E-state index contributed by atoms with van der Waals surface area (Å²) in [4.78, 5) is 16.3. The SMILES string of the molecule is O=C(NC1(CO)CCCC1)c1noc(C2CCCN2)n1. The molecule has 0 radical (unpaired) electrons. The Morgan fingerprint density at radius 1 is 1.45 bits per heavy atom. The molecule has 1 atom stereocenters. The molecule has 3 N–H and O–H groups in total. The predicted molar refractivity (Wildman–Crippen MR) is 70.0 cm³/mol. The maximum absolute atomic E-state index is 12.2. The molecule has 1 aliphatic heterocycles. The summed E-state index contributed by atoms with van der Waals surface area (Å²) in [6.07, 6.45) is 5.65. The Morgan fingerprint density at radius 2 is 2.25 bits per heavy atom. The van der Waals surface area contributed by atoms with Crippen molar-refractivity contribution in [3.8, 4) is 0 Å². The maximum atomic E-state index is 12.2. The van der Waals surface area contributed by atoms with Crippen LogP contribution in [0.1, 0.15) is 61.1 Å². The first-order chi connectivity index (χ1) is 9.72. The van der Waals surface area contributed by atoms with Crippen molar-refractivity contribution in [2.45, 2.75) is 50.1 Å². The highest BCUT2D eigenvalue weighted by Gasteiger charge is 2.36. The molecular formula is C13H20N4O3. The molecule has 2 aliphatic rings. The molecule has 2 heterocycles. The minimum absolute atomic E-state index is 0.0480. The molecule has 110 valence electrons. The zero-order chi connectivity index (χ0) is 14.0. The molecule has 7 nitrogen and oxygen atoms in total. The molecular weight excluding hydrogens is 260 g/mol. The van der Waals surface area contributed by atoms with Gasteiger partial charge in [0, 0.05) is 0 Å². The number of amides is 1. The minimum atomic E-state index is -0.510. The number of nitrogens with one attached hydrogen (secondary N) is 2. The molecule has 1 saturated carbocycles. The second kappa shape index (κ2) is 5.49. The second-order valence-corrected chi connectivity index (χ2v) is 5.70. The fraction of sp³-hybridized carbons (Fsp3) is 0.769. The van der Waals surface area contributed by atoms with Gasteiger partial charge in [-0.3, -0.25) is 4.79 Å². The summed E-state index contributed by atoms with van der Waals surface area (Å²) in [5.74, 6) is 0.152. The topological polar surface area (TPSA) is 100 Å². The lowest BCUT2D eigenvalue weighted by atomic mass is 9.99. The van der Waals surface area contributed by atoms with Crippen molar-refractivity contribution in [2.24, 2.45) is 0 Å². The van der Waals surface area contributed by atoms with Gasteiger partial charge in [0.1, 0.15) is 0 Å². The van der Waals surface area contributed by atoms with E-state index in [2.05, 4.69) is 20.8 Å². The van der Waals surface area contributed by atoms with Crippen LogP contribution in [0.25, 0.3) is 0 Å². The van der Waals surface area contributed by atoms with Gasteiger partial charge >= 0.3 is 0 Å². The molecule has 1 saturated heterocycles. The van der Waals surface area contributed by atoms with Crippen molar-refractivity contribution in [1.82, 2.24) is 20.8 Å². The predicted octanol–water partition coefficient (Wildman–Crippen LogP) is 0.529. The Balaban J connectivity index is 1.67. The van der Waals surface area contributed by atoms with Gasteiger partial charge in [0.15, 0.2) is 0 Å². The van der Waals surface area contributed by atoms with Gasteiger partial charge in [-0.1, -0.05) is 18.0 Å². The van der Waals surface area contributed by atoms with Gasteiger partial charge in [-0.15, -0.1) is 0 Å². The van der Waals surface area contributed by atoms with Crippen LogP contribution in [0, 0.1) is 0 Å². The second-order valence-electron chi connectivity index (χ2n) is 5.70. The van der Waals surface area contributed by atoms with Gasteiger partial charge in [-0.2, -0.15) is 4.98 Å². The Labute approximate surface area is 117 Å². The van der Waals surface area contributed by atoms with Crippen molar-refractivity contribution < 1.29 is 14.4 Å². The molecule has 1 aliphatic carbocycles. The van der Waals surface area contributed by atoms with Gasteiger partial charge in [-0.25, -0.2) is 0 Å². The van der Waals surface area contributed by atoms with Crippen LogP contribution in [0.5, 0.6) is 0 Å². The average Bonchev–Trinajstić information content (AvgIpc) is 3.19. The number of aliphatic hydroxyl groups is 1. The molecule has 0 spiro atoms. The van der Waals surface area contributed by atoms with Gasteiger partial charge in [0.2, 0.25) is 5.89 Å². The fourth-order valence-corrected chi connectivity index (χ4v) is 3.04. The number of nitrogens with zero attached hydrogens (tertiary/aromatic N) is 2. The first-order valence-electron chi connectivity index (χ1n) is 7.23. The summed E-state index contributed by atoms with van der Waals surface area (Å²) in [7, 11) is 0. The zero-order valence-corrected chi connectivity index (χ0v) is 11.4. The van der Waals surface area contributed by atoms with Gasteiger partial charge in [0.05, 0.1) is 18.2 Å². The lowest BCUT2D eigenvalue weighted by Crippen LogP contribution is -2.49. The normalized spacial score (nSPS) is 24.9. The molecule has 1 amide bonds. The number of aliphatic hydroxyl groups excluding tert-OH is 1. The van der Waals surface area contributed by atoms with E-state index < -0.39 is 5.54 Å². The van der Waals surface area contributed by atoms with E-state index in [4.69, 9.17) is 4.52 Å². The zero-order valence-electron chi connectivity index (χ0n) is 11.4. The Kier molecular flexibility index (Phi) is 3.71. The number of carbonyl (C=O) groups excluding carboxylic acids is 1. The van der Waals surface area contributed by atoms with Crippen LogP contribution >= 0.6 is 0 Å². The molecule has 3 rings (SSSR count). The monoisotopic (exact) mass is 280 g/mol. The largest absolute Gasteiger partial charge is 0.394 e. The van der Waals surface area contributed by atoms with Crippen LogP contribution in [0.2, 0.25) is 0 Å². The first-order valence-corrected chi connectivity index (χ1v) is 7.23. The highest BCUT2D eigenvalue weighted by molar-refractivity contribution is 5.90. The van der Waals surface area contributed by atoms with E-state index in [0.29, 0.717) is 5.89 Å². The van der Waals surface area contributed by atoms with Crippen molar-refractivity contribution >= 4 is 5.91 Å². The molecule has 1 unspecified atom stereocenters. The smallest absolute Gasteiger partial charge is 0.293 e. The third-order valence-corrected chi connectivity index (χ3v) is 4.25. The van der Waals surface area contributed by atoms with E-state index in [1.54, 1.807) is 0 Å². The Hall–Kier alpha value is -1.47. The van der Waals surface area contributed by atoms with Crippen molar-refractivity contribution in [2.75, 3.05) is 13.2 Å². The van der Waals surface area contributed by atoms with E-state index in [1.165, 1.54) is 0 Å². The molecule has 0 aromatic carbocycles. The Morgan fingerprint density at radius 3 is 2.90 bits per heavy atom.